The lowest BCUT2D eigenvalue weighted by Crippen LogP contribution is -2.28. The fourth-order valence-electron chi connectivity index (χ4n) is 1.40. The van der Waals surface area contributed by atoms with Gasteiger partial charge in [-0.25, -0.2) is 13.2 Å². The number of esters is 1. The summed E-state index contributed by atoms with van der Waals surface area (Å²) in [5.41, 5.74) is -0.0518. The smallest absolute Gasteiger partial charge is 0.338 e. The fraction of sp³-hybridized carbons (Fsp3) is 0.385. The van der Waals surface area contributed by atoms with Crippen LogP contribution >= 0.6 is 11.6 Å². The van der Waals surface area contributed by atoms with Gasteiger partial charge in [0.1, 0.15) is 4.90 Å². The van der Waals surface area contributed by atoms with Gasteiger partial charge in [0.25, 0.3) is 15.9 Å². The Hall–Kier alpha value is -1.68. The number of hydroxylamine groups is 1. The zero-order valence-corrected chi connectivity index (χ0v) is 14.6. The van der Waals surface area contributed by atoms with Crippen LogP contribution in [0.2, 0.25) is 5.02 Å². The number of carbonyl (C=O) groups excluding carboxylic acids is 2. The topological polar surface area (TPSA) is 93.2 Å². The largest absolute Gasteiger partial charge is 0.452 e. The molecule has 0 aliphatic heterocycles. The van der Waals surface area contributed by atoms with Gasteiger partial charge in [0.05, 0.1) is 17.7 Å². The van der Waals surface area contributed by atoms with E-state index in [9.17, 15) is 18.0 Å². The third-order valence-corrected chi connectivity index (χ3v) is 5.03. The van der Waals surface area contributed by atoms with E-state index < -0.39 is 28.5 Å². The van der Waals surface area contributed by atoms with Gasteiger partial charge in [0.2, 0.25) is 0 Å². The molecule has 0 spiro atoms. The molecule has 8 nitrogen and oxygen atoms in total. The number of ether oxygens (including phenoxy) is 1. The van der Waals surface area contributed by atoms with E-state index in [2.05, 4.69) is 4.84 Å². The van der Waals surface area contributed by atoms with Gasteiger partial charge in [0, 0.05) is 21.1 Å². The van der Waals surface area contributed by atoms with Crippen molar-refractivity contribution in [2.75, 3.05) is 34.9 Å². The molecular weight excluding hydrogens is 348 g/mol. The summed E-state index contributed by atoms with van der Waals surface area (Å²) < 4.78 is 29.9. The highest BCUT2D eigenvalue weighted by Crippen LogP contribution is 2.25. The molecule has 1 rings (SSSR count). The minimum atomic E-state index is -4.02. The lowest BCUT2D eigenvalue weighted by molar-refractivity contribution is -0.131. The van der Waals surface area contributed by atoms with Crippen LogP contribution in [0.5, 0.6) is 0 Å². The van der Waals surface area contributed by atoms with E-state index in [1.807, 2.05) is 0 Å². The lowest BCUT2D eigenvalue weighted by atomic mass is 10.2. The van der Waals surface area contributed by atoms with Gasteiger partial charge < -0.3 is 9.64 Å². The number of hydrogen-bond acceptors (Lipinski definition) is 6. The molecule has 1 amide bonds. The van der Waals surface area contributed by atoms with E-state index in [0.717, 1.165) is 6.07 Å². The molecule has 0 heterocycles. The minimum Gasteiger partial charge on any atom is -0.452 e. The van der Waals surface area contributed by atoms with Gasteiger partial charge in [-0.05, 0) is 18.2 Å². The van der Waals surface area contributed by atoms with Gasteiger partial charge in [0.15, 0.2) is 6.61 Å². The zero-order chi connectivity index (χ0) is 17.8. The first kappa shape index (κ1) is 19.4. The van der Waals surface area contributed by atoms with Crippen molar-refractivity contribution in [3.05, 3.63) is 28.8 Å². The second-order valence-corrected chi connectivity index (χ2v) is 6.92. The lowest BCUT2D eigenvalue weighted by Gasteiger charge is -2.16. The van der Waals surface area contributed by atoms with Crippen LogP contribution in [0, 0.1) is 0 Å². The first-order valence-electron chi connectivity index (χ1n) is 6.31. The SMILES string of the molecule is CON(C)S(=O)(=O)c1cc(C(=O)OCC(=O)N(C)C)ccc1Cl. The number of amides is 1. The minimum absolute atomic E-state index is 0.0518. The average Bonchev–Trinajstić information content (AvgIpc) is 2.51. The van der Waals surface area contributed by atoms with Gasteiger partial charge in [-0.15, -0.1) is 0 Å². The van der Waals surface area contributed by atoms with E-state index in [0.29, 0.717) is 4.47 Å². The summed E-state index contributed by atoms with van der Waals surface area (Å²) in [7, 11) is 1.37. The molecule has 23 heavy (non-hydrogen) atoms. The molecule has 0 aliphatic carbocycles. The Bertz CT molecular complexity index is 704. The van der Waals surface area contributed by atoms with Crippen LogP contribution in [0.4, 0.5) is 0 Å². The monoisotopic (exact) mass is 364 g/mol. The molecule has 0 unspecified atom stereocenters. The molecule has 1 aromatic carbocycles. The van der Waals surface area contributed by atoms with E-state index in [1.165, 1.54) is 45.3 Å². The van der Waals surface area contributed by atoms with Crippen LogP contribution in [0.25, 0.3) is 0 Å². The molecule has 0 saturated heterocycles. The van der Waals surface area contributed by atoms with Crippen LogP contribution in [-0.4, -0.2) is 64.5 Å². The number of rotatable bonds is 6. The van der Waals surface area contributed by atoms with Crippen molar-refractivity contribution in [1.82, 2.24) is 9.37 Å². The average molecular weight is 365 g/mol. The second-order valence-electron chi connectivity index (χ2n) is 4.61. The third kappa shape index (κ3) is 4.64. The van der Waals surface area contributed by atoms with Crippen LogP contribution in [0.1, 0.15) is 10.4 Å². The summed E-state index contributed by atoms with van der Waals surface area (Å²) in [6.45, 7) is -0.450. The summed E-state index contributed by atoms with van der Waals surface area (Å²) in [5.74, 6) is -1.24. The molecule has 0 fully saturated rings. The van der Waals surface area contributed by atoms with Gasteiger partial charge >= 0.3 is 5.97 Å². The molecule has 0 atom stereocenters. The van der Waals surface area contributed by atoms with E-state index in [-0.39, 0.29) is 15.5 Å². The number of hydrogen-bond donors (Lipinski definition) is 0. The number of sulfonamides is 1. The molecule has 0 radical (unpaired) electrons. The number of likely N-dealkylation sites (N-methyl/N-ethyl adjacent to an activating group) is 1. The first-order valence-corrected chi connectivity index (χ1v) is 8.13. The van der Waals surface area contributed by atoms with Gasteiger partial charge in [-0.3, -0.25) is 9.63 Å². The van der Waals surface area contributed by atoms with Crippen molar-refractivity contribution in [1.29, 1.82) is 0 Å². The van der Waals surface area contributed by atoms with Crippen molar-refractivity contribution < 1.29 is 27.6 Å². The third-order valence-electron chi connectivity index (χ3n) is 2.87. The normalized spacial score (nSPS) is 11.4. The summed E-state index contributed by atoms with van der Waals surface area (Å²) in [5, 5.41) is -0.0742. The maximum absolute atomic E-state index is 12.2. The molecule has 0 N–H and O–H groups in total. The van der Waals surface area contributed by atoms with E-state index in [4.69, 9.17) is 16.3 Å². The molecule has 0 saturated carbocycles. The molecule has 0 bridgehead atoms. The maximum Gasteiger partial charge on any atom is 0.338 e. The number of nitrogens with zero attached hydrogens (tertiary/aromatic N) is 2. The zero-order valence-electron chi connectivity index (χ0n) is 13.1. The Morgan fingerprint density at radius 1 is 1.22 bits per heavy atom. The highest BCUT2D eigenvalue weighted by Gasteiger charge is 2.25. The van der Waals surface area contributed by atoms with Crippen molar-refractivity contribution in [3.8, 4) is 0 Å². The van der Waals surface area contributed by atoms with Gasteiger partial charge in [-0.2, -0.15) is 0 Å². The van der Waals surface area contributed by atoms with Gasteiger partial charge in [-0.1, -0.05) is 16.1 Å². The highest BCUT2D eigenvalue weighted by atomic mass is 35.5. The molecule has 10 heteroatoms. The Kier molecular flexibility index (Phi) is 6.51. The molecule has 1 aromatic rings. The van der Waals surface area contributed by atoms with Crippen LogP contribution in [-0.2, 0) is 24.4 Å². The highest BCUT2D eigenvalue weighted by molar-refractivity contribution is 7.89. The van der Waals surface area contributed by atoms with Crippen molar-refractivity contribution in [2.45, 2.75) is 4.90 Å². The van der Waals surface area contributed by atoms with E-state index in [1.54, 1.807) is 0 Å². The predicted octanol–water partition coefficient (Wildman–Crippen LogP) is 0.767. The van der Waals surface area contributed by atoms with Crippen molar-refractivity contribution in [3.63, 3.8) is 0 Å². The standard InChI is InChI=1S/C13H17ClN2O6S/c1-15(2)12(17)8-22-13(18)9-5-6-10(14)11(7-9)23(19,20)16(3)21-4/h5-7H,8H2,1-4H3. The molecular formula is C13H17ClN2O6S. The number of halogens is 1. The quantitative estimate of drug-likeness (QED) is 0.546. The summed E-state index contributed by atoms with van der Waals surface area (Å²) in [4.78, 5) is 28.9. The van der Waals surface area contributed by atoms with Crippen LogP contribution in [0.3, 0.4) is 0 Å². The van der Waals surface area contributed by atoms with Crippen LogP contribution < -0.4 is 0 Å². The van der Waals surface area contributed by atoms with Crippen LogP contribution in [0.15, 0.2) is 23.1 Å². The number of carbonyl (C=O) groups is 2. The Morgan fingerprint density at radius 3 is 2.35 bits per heavy atom. The number of benzene rings is 1. The maximum atomic E-state index is 12.2. The Balaban J connectivity index is 3.06. The van der Waals surface area contributed by atoms with Crippen molar-refractivity contribution >= 4 is 33.5 Å². The molecule has 0 aliphatic rings. The van der Waals surface area contributed by atoms with Crippen molar-refractivity contribution in [2.24, 2.45) is 0 Å². The molecule has 128 valence electrons. The Labute approximate surface area is 139 Å². The summed E-state index contributed by atoms with van der Waals surface area (Å²) in [6.07, 6.45) is 0. The molecule has 0 aromatic heterocycles. The Morgan fingerprint density at radius 2 is 1.83 bits per heavy atom. The summed E-state index contributed by atoms with van der Waals surface area (Å²) >= 11 is 5.88. The predicted molar refractivity (Wildman–Crippen MR) is 82.4 cm³/mol. The first-order chi connectivity index (χ1) is 10.6. The van der Waals surface area contributed by atoms with E-state index >= 15 is 0 Å². The summed E-state index contributed by atoms with van der Waals surface area (Å²) in [6, 6.07) is 3.62. The second kappa shape index (κ2) is 7.73. The fourth-order valence-corrected chi connectivity index (χ4v) is 2.88.